The van der Waals surface area contributed by atoms with Crippen LogP contribution in [-0.4, -0.2) is 34.1 Å². The molecule has 152 valence electrons. The second kappa shape index (κ2) is 10.1. The van der Waals surface area contributed by atoms with E-state index in [1.807, 2.05) is 30.3 Å². The van der Waals surface area contributed by atoms with E-state index < -0.39 is 10.0 Å². The van der Waals surface area contributed by atoms with Crippen LogP contribution >= 0.6 is 0 Å². The molecule has 7 nitrogen and oxygen atoms in total. The zero-order valence-corrected chi connectivity index (χ0v) is 17.1. The van der Waals surface area contributed by atoms with Crippen molar-refractivity contribution >= 4 is 21.6 Å². The molecule has 0 bridgehead atoms. The maximum atomic E-state index is 12.3. The SMILES string of the molecule is COc1ccc(S(=O)(=O)NC(C)C)cc1NC(=O)CCCOc1ccccc1. The van der Waals surface area contributed by atoms with Crippen molar-refractivity contribution in [3.05, 3.63) is 48.5 Å². The number of amides is 1. The van der Waals surface area contributed by atoms with Gasteiger partial charge in [-0.25, -0.2) is 13.1 Å². The van der Waals surface area contributed by atoms with Crippen LogP contribution in [0.25, 0.3) is 0 Å². The van der Waals surface area contributed by atoms with Gasteiger partial charge in [0.15, 0.2) is 0 Å². The monoisotopic (exact) mass is 406 g/mol. The summed E-state index contributed by atoms with van der Waals surface area (Å²) in [4.78, 5) is 12.3. The van der Waals surface area contributed by atoms with E-state index >= 15 is 0 Å². The van der Waals surface area contributed by atoms with Gasteiger partial charge in [-0.15, -0.1) is 0 Å². The van der Waals surface area contributed by atoms with Crippen LogP contribution in [0.3, 0.4) is 0 Å². The fraction of sp³-hybridized carbons (Fsp3) is 0.350. The first kappa shape index (κ1) is 21.7. The number of nitrogens with one attached hydrogen (secondary N) is 2. The molecule has 2 aromatic rings. The second-order valence-corrected chi connectivity index (χ2v) is 8.17. The van der Waals surface area contributed by atoms with Crippen LogP contribution < -0.4 is 19.5 Å². The summed E-state index contributed by atoms with van der Waals surface area (Å²) in [6.45, 7) is 3.88. The summed E-state index contributed by atoms with van der Waals surface area (Å²) < 4.78 is 38.0. The predicted octanol–water partition coefficient (Wildman–Crippen LogP) is 3.18. The highest BCUT2D eigenvalue weighted by molar-refractivity contribution is 7.89. The average Bonchev–Trinajstić information content (AvgIpc) is 2.65. The maximum absolute atomic E-state index is 12.3. The molecule has 0 aliphatic rings. The number of hydrogen-bond acceptors (Lipinski definition) is 5. The highest BCUT2D eigenvalue weighted by Crippen LogP contribution is 2.27. The summed E-state index contributed by atoms with van der Waals surface area (Å²) in [6.07, 6.45) is 0.757. The van der Waals surface area contributed by atoms with E-state index in [4.69, 9.17) is 9.47 Å². The van der Waals surface area contributed by atoms with E-state index in [0.717, 1.165) is 5.75 Å². The number of carbonyl (C=O) groups excluding carboxylic acids is 1. The van der Waals surface area contributed by atoms with Crippen molar-refractivity contribution < 1.29 is 22.7 Å². The van der Waals surface area contributed by atoms with Gasteiger partial charge in [-0.2, -0.15) is 0 Å². The topological polar surface area (TPSA) is 93.7 Å². The lowest BCUT2D eigenvalue weighted by Crippen LogP contribution is -2.30. The molecule has 0 saturated heterocycles. The molecule has 2 aromatic carbocycles. The van der Waals surface area contributed by atoms with Gasteiger partial charge in [-0.1, -0.05) is 18.2 Å². The molecule has 0 heterocycles. The highest BCUT2D eigenvalue weighted by atomic mass is 32.2. The van der Waals surface area contributed by atoms with Crippen LogP contribution in [0.1, 0.15) is 26.7 Å². The van der Waals surface area contributed by atoms with Gasteiger partial charge < -0.3 is 14.8 Å². The molecule has 28 heavy (non-hydrogen) atoms. The third-order valence-electron chi connectivity index (χ3n) is 3.71. The van der Waals surface area contributed by atoms with Gasteiger partial charge in [0.1, 0.15) is 11.5 Å². The lowest BCUT2D eigenvalue weighted by molar-refractivity contribution is -0.116. The Balaban J connectivity index is 1.97. The summed E-state index contributed by atoms with van der Waals surface area (Å²) in [5.41, 5.74) is 0.308. The molecule has 2 rings (SSSR count). The van der Waals surface area contributed by atoms with Crippen LogP contribution in [-0.2, 0) is 14.8 Å². The van der Waals surface area contributed by atoms with Gasteiger partial charge >= 0.3 is 0 Å². The normalized spacial score (nSPS) is 11.3. The molecule has 0 aliphatic heterocycles. The van der Waals surface area contributed by atoms with Crippen LogP contribution in [0.5, 0.6) is 11.5 Å². The number of methoxy groups -OCH3 is 1. The van der Waals surface area contributed by atoms with Crippen molar-refractivity contribution in [2.45, 2.75) is 37.6 Å². The smallest absolute Gasteiger partial charge is 0.240 e. The van der Waals surface area contributed by atoms with Crippen molar-refractivity contribution in [1.82, 2.24) is 4.72 Å². The standard InChI is InChI=1S/C20H26N2O5S/c1-15(2)22-28(24,25)17-11-12-19(26-3)18(14-17)21-20(23)10-7-13-27-16-8-5-4-6-9-16/h4-6,8-9,11-12,14-15,22H,7,10,13H2,1-3H3,(H,21,23). The Kier molecular flexibility index (Phi) is 7.83. The second-order valence-electron chi connectivity index (χ2n) is 6.45. The molecule has 0 fully saturated rings. The molecule has 0 saturated carbocycles. The first-order valence-electron chi connectivity index (χ1n) is 9.00. The van der Waals surface area contributed by atoms with E-state index in [1.165, 1.54) is 25.3 Å². The number of ether oxygens (including phenoxy) is 2. The molecule has 0 spiro atoms. The minimum absolute atomic E-state index is 0.0599. The fourth-order valence-corrected chi connectivity index (χ4v) is 3.76. The third kappa shape index (κ3) is 6.54. The summed E-state index contributed by atoms with van der Waals surface area (Å²) in [5, 5.41) is 2.71. The zero-order valence-electron chi connectivity index (χ0n) is 16.3. The maximum Gasteiger partial charge on any atom is 0.240 e. The Morgan fingerprint density at radius 1 is 1.11 bits per heavy atom. The van der Waals surface area contributed by atoms with E-state index in [2.05, 4.69) is 10.0 Å². The van der Waals surface area contributed by atoms with Gasteiger partial charge in [0.05, 0.1) is 24.3 Å². The molecular formula is C20H26N2O5S. The Labute approximate surface area is 166 Å². The number of hydrogen-bond donors (Lipinski definition) is 2. The number of anilines is 1. The van der Waals surface area contributed by atoms with Gasteiger partial charge in [-0.05, 0) is 50.6 Å². The molecule has 0 aromatic heterocycles. The number of para-hydroxylation sites is 1. The van der Waals surface area contributed by atoms with E-state index in [0.29, 0.717) is 24.5 Å². The third-order valence-corrected chi connectivity index (χ3v) is 5.36. The van der Waals surface area contributed by atoms with E-state index in [9.17, 15) is 13.2 Å². The van der Waals surface area contributed by atoms with Crippen molar-refractivity contribution in [2.75, 3.05) is 19.0 Å². The molecule has 0 radical (unpaired) electrons. The molecule has 0 atom stereocenters. The molecule has 0 aliphatic carbocycles. The predicted molar refractivity (Wildman–Crippen MR) is 108 cm³/mol. The summed E-state index contributed by atoms with van der Waals surface area (Å²) >= 11 is 0. The minimum atomic E-state index is -3.67. The van der Waals surface area contributed by atoms with Crippen LogP contribution in [0.4, 0.5) is 5.69 Å². The van der Waals surface area contributed by atoms with Crippen molar-refractivity contribution in [3.8, 4) is 11.5 Å². The lowest BCUT2D eigenvalue weighted by atomic mass is 10.2. The van der Waals surface area contributed by atoms with Gasteiger partial charge in [-0.3, -0.25) is 4.79 Å². The van der Waals surface area contributed by atoms with E-state index in [1.54, 1.807) is 13.8 Å². The van der Waals surface area contributed by atoms with Crippen molar-refractivity contribution in [3.63, 3.8) is 0 Å². The van der Waals surface area contributed by atoms with Crippen LogP contribution in [0.15, 0.2) is 53.4 Å². The summed E-state index contributed by atoms with van der Waals surface area (Å²) in [7, 11) is -2.21. The summed E-state index contributed by atoms with van der Waals surface area (Å²) in [6, 6.07) is 13.5. The minimum Gasteiger partial charge on any atom is -0.495 e. The number of sulfonamides is 1. The van der Waals surface area contributed by atoms with Crippen LogP contribution in [0.2, 0.25) is 0 Å². The number of rotatable bonds is 10. The summed E-state index contributed by atoms with van der Waals surface area (Å²) in [5.74, 6) is 0.888. The van der Waals surface area contributed by atoms with Gasteiger partial charge in [0.2, 0.25) is 15.9 Å². The Bertz CT molecular complexity index is 883. The largest absolute Gasteiger partial charge is 0.495 e. The highest BCUT2D eigenvalue weighted by Gasteiger charge is 2.18. The molecule has 2 N–H and O–H groups in total. The zero-order chi connectivity index (χ0) is 20.6. The Morgan fingerprint density at radius 2 is 1.82 bits per heavy atom. The van der Waals surface area contributed by atoms with E-state index in [-0.39, 0.29) is 23.3 Å². The lowest BCUT2D eigenvalue weighted by Gasteiger charge is -2.14. The van der Waals surface area contributed by atoms with Crippen molar-refractivity contribution in [1.29, 1.82) is 0 Å². The van der Waals surface area contributed by atoms with Crippen LogP contribution in [0, 0.1) is 0 Å². The molecule has 0 unspecified atom stereocenters. The fourth-order valence-electron chi connectivity index (χ4n) is 2.48. The Hall–Kier alpha value is -2.58. The number of benzene rings is 2. The number of carbonyl (C=O) groups is 1. The first-order chi connectivity index (χ1) is 13.3. The van der Waals surface area contributed by atoms with Gasteiger partial charge in [0, 0.05) is 12.5 Å². The Morgan fingerprint density at radius 3 is 2.46 bits per heavy atom. The quantitative estimate of drug-likeness (QED) is 0.591. The van der Waals surface area contributed by atoms with Gasteiger partial charge in [0.25, 0.3) is 0 Å². The molecule has 8 heteroatoms. The molecular weight excluding hydrogens is 380 g/mol. The molecule has 1 amide bonds. The van der Waals surface area contributed by atoms with Crippen molar-refractivity contribution in [2.24, 2.45) is 0 Å². The first-order valence-corrected chi connectivity index (χ1v) is 10.5. The average molecular weight is 407 g/mol.